The molecule has 3 N–H and O–H groups in total. The molecule has 0 fully saturated rings. The van der Waals surface area contributed by atoms with E-state index in [9.17, 15) is 23.5 Å². The van der Waals surface area contributed by atoms with Gasteiger partial charge in [0.05, 0.1) is 23.9 Å². The highest BCUT2D eigenvalue weighted by Crippen LogP contribution is 2.26. The van der Waals surface area contributed by atoms with Crippen molar-refractivity contribution in [1.82, 2.24) is 0 Å². The average Bonchev–Trinajstić information content (AvgIpc) is 2.52. The highest BCUT2D eigenvalue weighted by molar-refractivity contribution is 5.99. The Balaban J connectivity index is 2.13. The van der Waals surface area contributed by atoms with Gasteiger partial charge >= 0.3 is 0 Å². The van der Waals surface area contributed by atoms with Gasteiger partial charge in [0, 0.05) is 19.1 Å². The van der Waals surface area contributed by atoms with Crippen molar-refractivity contribution < 1.29 is 23.5 Å². The monoisotopic (exact) mass is 334 g/mol. The number of carbonyl (C=O) groups is 2. The van der Waals surface area contributed by atoms with Crippen LogP contribution in [0.4, 0.5) is 20.2 Å². The van der Waals surface area contributed by atoms with Crippen molar-refractivity contribution in [3.05, 3.63) is 59.7 Å². The highest BCUT2D eigenvalue weighted by Gasteiger charge is 2.16. The van der Waals surface area contributed by atoms with E-state index in [1.54, 1.807) is 30.3 Å². The normalized spacial score (nSPS) is 11.7. The van der Waals surface area contributed by atoms with Crippen LogP contribution in [0, 0.1) is 11.6 Å². The predicted octanol–water partition coefficient (Wildman–Crippen LogP) is 2.99. The first kappa shape index (κ1) is 17.6. The molecule has 0 aliphatic rings. The summed E-state index contributed by atoms with van der Waals surface area (Å²) in [5.74, 6) is -3.42. The number of aliphatic hydroxyl groups excluding tert-OH is 1. The Kier molecular flexibility index (Phi) is 5.59. The SMILES string of the molecule is CC(=O)Nc1cc(F)c(F)cc1NC(=O)CC(O)c1ccccc1. The average molecular weight is 334 g/mol. The molecule has 0 radical (unpaired) electrons. The molecule has 2 rings (SSSR count). The van der Waals surface area contributed by atoms with Crippen LogP contribution in [0.15, 0.2) is 42.5 Å². The van der Waals surface area contributed by atoms with E-state index in [1.807, 2.05) is 0 Å². The Morgan fingerprint density at radius 3 is 2.12 bits per heavy atom. The molecule has 126 valence electrons. The molecule has 1 unspecified atom stereocenters. The van der Waals surface area contributed by atoms with Gasteiger partial charge in [-0.15, -0.1) is 0 Å². The van der Waals surface area contributed by atoms with Crippen molar-refractivity contribution in [3.63, 3.8) is 0 Å². The molecule has 24 heavy (non-hydrogen) atoms. The Morgan fingerprint density at radius 1 is 1.04 bits per heavy atom. The third-order valence-electron chi connectivity index (χ3n) is 3.21. The van der Waals surface area contributed by atoms with Crippen molar-refractivity contribution in [2.75, 3.05) is 10.6 Å². The van der Waals surface area contributed by atoms with Gasteiger partial charge in [0.1, 0.15) is 0 Å². The molecule has 2 amide bonds. The van der Waals surface area contributed by atoms with Gasteiger partial charge in [0.2, 0.25) is 11.8 Å². The first-order valence-corrected chi connectivity index (χ1v) is 7.16. The van der Waals surface area contributed by atoms with E-state index in [2.05, 4.69) is 10.6 Å². The van der Waals surface area contributed by atoms with Crippen LogP contribution >= 0.6 is 0 Å². The number of amides is 2. The van der Waals surface area contributed by atoms with Crippen LogP contribution < -0.4 is 10.6 Å². The summed E-state index contributed by atoms with van der Waals surface area (Å²) in [5.41, 5.74) is 0.401. The molecule has 2 aromatic rings. The Hall–Kier alpha value is -2.80. The summed E-state index contributed by atoms with van der Waals surface area (Å²) < 4.78 is 26.7. The second-order valence-corrected chi connectivity index (χ2v) is 5.17. The molecule has 0 saturated carbocycles. The van der Waals surface area contributed by atoms with Crippen LogP contribution in [0.25, 0.3) is 0 Å². The standard InChI is InChI=1S/C17H16F2N2O3/c1-10(22)20-14-7-12(18)13(19)8-15(14)21-17(24)9-16(23)11-5-3-2-4-6-11/h2-8,16,23H,9H2,1H3,(H,20,22)(H,21,24). The number of hydrogen-bond acceptors (Lipinski definition) is 3. The maximum absolute atomic E-state index is 13.4. The van der Waals surface area contributed by atoms with Gasteiger partial charge in [-0.3, -0.25) is 9.59 Å². The fraction of sp³-hybridized carbons (Fsp3) is 0.176. The number of anilines is 2. The maximum atomic E-state index is 13.4. The summed E-state index contributed by atoms with van der Waals surface area (Å²) in [7, 11) is 0. The van der Waals surface area contributed by atoms with Crippen LogP contribution in [0.5, 0.6) is 0 Å². The van der Waals surface area contributed by atoms with Gasteiger partial charge in [-0.25, -0.2) is 8.78 Å². The minimum atomic E-state index is -1.16. The molecule has 0 aliphatic heterocycles. The smallest absolute Gasteiger partial charge is 0.227 e. The summed E-state index contributed by atoms with van der Waals surface area (Å²) >= 11 is 0. The third-order valence-corrected chi connectivity index (χ3v) is 3.21. The second-order valence-electron chi connectivity index (χ2n) is 5.17. The van der Waals surface area contributed by atoms with Crippen molar-refractivity contribution in [2.24, 2.45) is 0 Å². The molecule has 7 heteroatoms. The lowest BCUT2D eigenvalue weighted by molar-refractivity contribution is -0.118. The van der Waals surface area contributed by atoms with Gasteiger partial charge in [-0.05, 0) is 5.56 Å². The summed E-state index contributed by atoms with van der Waals surface area (Å²) in [6.07, 6.45) is -1.32. The molecule has 1 atom stereocenters. The number of hydrogen-bond donors (Lipinski definition) is 3. The van der Waals surface area contributed by atoms with Gasteiger partial charge in [0.25, 0.3) is 0 Å². The maximum Gasteiger partial charge on any atom is 0.227 e. The van der Waals surface area contributed by atoms with Crippen LogP contribution in [-0.4, -0.2) is 16.9 Å². The number of halogens is 2. The van der Waals surface area contributed by atoms with Crippen LogP contribution in [0.2, 0.25) is 0 Å². The predicted molar refractivity (Wildman–Crippen MR) is 85.3 cm³/mol. The van der Waals surface area contributed by atoms with E-state index in [-0.39, 0.29) is 17.8 Å². The largest absolute Gasteiger partial charge is 0.388 e. The number of benzene rings is 2. The molecular formula is C17H16F2N2O3. The lowest BCUT2D eigenvalue weighted by Gasteiger charge is -2.14. The van der Waals surface area contributed by atoms with E-state index in [0.29, 0.717) is 5.56 Å². The Morgan fingerprint density at radius 2 is 1.58 bits per heavy atom. The second kappa shape index (κ2) is 7.65. The zero-order chi connectivity index (χ0) is 17.7. The number of nitrogens with one attached hydrogen (secondary N) is 2. The zero-order valence-electron chi connectivity index (χ0n) is 12.8. The minimum Gasteiger partial charge on any atom is -0.388 e. The van der Waals surface area contributed by atoms with E-state index in [1.165, 1.54) is 6.92 Å². The quantitative estimate of drug-likeness (QED) is 0.786. The van der Waals surface area contributed by atoms with Crippen LogP contribution in [0.3, 0.4) is 0 Å². The summed E-state index contributed by atoms with van der Waals surface area (Å²) in [5, 5.41) is 14.7. The Bertz CT molecular complexity index is 751. The van der Waals surface area contributed by atoms with Gasteiger partial charge < -0.3 is 15.7 Å². The van der Waals surface area contributed by atoms with Gasteiger partial charge in [-0.1, -0.05) is 30.3 Å². The first-order valence-electron chi connectivity index (χ1n) is 7.16. The van der Waals surface area contributed by atoms with Crippen molar-refractivity contribution >= 4 is 23.2 Å². The molecule has 0 aliphatic carbocycles. The number of rotatable bonds is 5. The van der Waals surface area contributed by atoms with Gasteiger partial charge in [-0.2, -0.15) is 0 Å². The zero-order valence-corrected chi connectivity index (χ0v) is 12.8. The van der Waals surface area contributed by atoms with Gasteiger partial charge in [0.15, 0.2) is 11.6 Å². The fourth-order valence-corrected chi connectivity index (χ4v) is 2.11. The molecule has 0 saturated heterocycles. The fourth-order valence-electron chi connectivity index (χ4n) is 2.11. The number of carbonyl (C=O) groups excluding carboxylic acids is 2. The molecule has 0 bridgehead atoms. The summed E-state index contributed by atoms with van der Waals surface area (Å²) in [4.78, 5) is 23.2. The van der Waals surface area contributed by atoms with Crippen LogP contribution in [0.1, 0.15) is 25.0 Å². The van der Waals surface area contributed by atoms with E-state index in [4.69, 9.17) is 0 Å². The molecule has 0 aromatic heterocycles. The highest BCUT2D eigenvalue weighted by atomic mass is 19.2. The first-order chi connectivity index (χ1) is 11.4. The topological polar surface area (TPSA) is 78.4 Å². The molecule has 2 aromatic carbocycles. The van der Waals surface area contributed by atoms with E-state index < -0.39 is 29.6 Å². The third kappa shape index (κ3) is 4.60. The molecular weight excluding hydrogens is 318 g/mol. The number of aliphatic hydroxyl groups is 1. The van der Waals surface area contributed by atoms with Crippen molar-refractivity contribution in [2.45, 2.75) is 19.4 Å². The van der Waals surface area contributed by atoms with E-state index in [0.717, 1.165) is 12.1 Å². The minimum absolute atomic E-state index is 0.0658. The van der Waals surface area contributed by atoms with Crippen molar-refractivity contribution in [3.8, 4) is 0 Å². The van der Waals surface area contributed by atoms with Crippen LogP contribution in [-0.2, 0) is 9.59 Å². The summed E-state index contributed by atoms with van der Waals surface area (Å²) in [6.45, 7) is 1.20. The lowest BCUT2D eigenvalue weighted by Crippen LogP contribution is -2.18. The van der Waals surface area contributed by atoms with E-state index >= 15 is 0 Å². The van der Waals surface area contributed by atoms with Crippen molar-refractivity contribution in [1.29, 1.82) is 0 Å². The molecule has 5 nitrogen and oxygen atoms in total. The lowest BCUT2D eigenvalue weighted by atomic mass is 10.1. The summed E-state index contributed by atoms with van der Waals surface area (Å²) in [6, 6.07) is 10.1. The Labute approximate surface area is 137 Å². The molecule has 0 heterocycles. The molecule has 0 spiro atoms.